The maximum absolute atomic E-state index is 12.9. The van der Waals surface area contributed by atoms with E-state index in [0.29, 0.717) is 19.7 Å². The Morgan fingerprint density at radius 3 is 2.24 bits per heavy atom. The van der Waals surface area contributed by atoms with E-state index in [0.717, 1.165) is 40.1 Å². The number of carbonyl (C=O) groups is 1. The van der Waals surface area contributed by atoms with Gasteiger partial charge in [-0.2, -0.15) is 5.26 Å². The first kappa shape index (κ1) is 22.6. The molecule has 0 aromatic heterocycles. The van der Waals surface area contributed by atoms with E-state index < -0.39 is 0 Å². The first-order valence-electron chi connectivity index (χ1n) is 10.8. The van der Waals surface area contributed by atoms with Crippen LogP contribution in [0, 0.1) is 11.3 Å². The molecule has 33 heavy (non-hydrogen) atoms. The van der Waals surface area contributed by atoms with Crippen molar-refractivity contribution in [2.75, 3.05) is 31.1 Å². The summed E-state index contributed by atoms with van der Waals surface area (Å²) in [6.07, 6.45) is 1.64. The van der Waals surface area contributed by atoms with Gasteiger partial charge in [-0.1, -0.05) is 58.4 Å². The highest BCUT2D eigenvalue weighted by atomic mass is 79.9. The summed E-state index contributed by atoms with van der Waals surface area (Å²) in [4.78, 5) is 16.9. The normalized spacial score (nSPS) is 14.0. The van der Waals surface area contributed by atoms with Gasteiger partial charge in [0.2, 0.25) is 0 Å². The summed E-state index contributed by atoms with van der Waals surface area (Å²) < 4.78 is 6.86. The minimum absolute atomic E-state index is 0.145. The van der Waals surface area contributed by atoms with Crippen LogP contribution in [0.5, 0.6) is 5.75 Å². The molecular weight excluding hydrogens is 478 g/mol. The van der Waals surface area contributed by atoms with Gasteiger partial charge < -0.3 is 14.5 Å². The number of carbonyl (C=O) groups excluding carboxylic acids is 1. The summed E-state index contributed by atoms with van der Waals surface area (Å²) in [6.45, 7) is 3.16. The molecule has 0 bridgehead atoms. The number of hydrogen-bond acceptors (Lipinski definition) is 4. The maximum atomic E-state index is 12.9. The van der Waals surface area contributed by atoms with Crippen LogP contribution in [0.3, 0.4) is 0 Å². The zero-order valence-corrected chi connectivity index (χ0v) is 19.7. The number of benzene rings is 3. The van der Waals surface area contributed by atoms with Crippen molar-refractivity contribution in [1.29, 1.82) is 5.26 Å². The number of amides is 1. The standard InChI is InChI=1S/C27H24BrN3O2/c28-24-10-6-22(7-11-24)20-33-26-12-8-21(9-13-26)18-23(19-29)27(32)31-16-14-30(15-17-31)25-4-2-1-3-5-25/h1-13,18H,14-17,20H2/b23-18-. The molecule has 1 aliphatic rings. The van der Waals surface area contributed by atoms with Crippen molar-refractivity contribution in [2.24, 2.45) is 0 Å². The second-order valence-electron chi connectivity index (χ2n) is 7.77. The van der Waals surface area contributed by atoms with Crippen molar-refractivity contribution in [3.8, 4) is 11.8 Å². The van der Waals surface area contributed by atoms with Crippen LogP contribution in [0.15, 0.2) is 88.9 Å². The van der Waals surface area contributed by atoms with Gasteiger partial charge in [-0.15, -0.1) is 0 Å². The number of halogens is 1. The Balaban J connectivity index is 1.34. The fourth-order valence-electron chi connectivity index (χ4n) is 3.69. The first-order valence-corrected chi connectivity index (χ1v) is 11.6. The molecule has 1 fully saturated rings. The Morgan fingerprint density at radius 2 is 1.61 bits per heavy atom. The van der Waals surface area contributed by atoms with E-state index in [1.54, 1.807) is 11.0 Å². The molecule has 4 rings (SSSR count). The number of anilines is 1. The predicted molar refractivity (Wildman–Crippen MR) is 134 cm³/mol. The van der Waals surface area contributed by atoms with Gasteiger partial charge >= 0.3 is 0 Å². The van der Waals surface area contributed by atoms with E-state index in [1.165, 1.54) is 0 Å². The topological polar surface area (TPSA) is 56.6 Å². The molecule has 0 spiro atoms. The van der Waals surface area contributed by atoms with Crippen LogP contribution < -0.4 is 9.64 Å². The van der Waals surface area contributed by atoms with Crippen molar-refractivity contribution in [2.45, 2.75) is 6.61 Å². The molecule has 1 amide bonds. The highest BCUT2D eigenvalue weighted by Gasteiger charge is 2.23. The van der Waals surface area contributed by atoms with Crippen LogP contribution in [-0.2, 0) is 11.4 Å². The van der Waals surface area contributed by atoms with E-state index in [9.17, 15) is 10.1 Å². The molecule has 3 aromatic carbocycles. The Labute approximate surface area is 202 Å². The average Bonchev–Trinajstić information content (AvgIpc) is 2.88. The lowest BCUT2D eigenvalue weighted by atomic mass is 10.1. The Morgan fingerprint density at radius 1 is 0.939 bits per heavy atom. The van der Waals surface area contributed by atoms with Crippen LogP contribution in [0.1, 0.15) is 11.1 Å². The summed E-state index contributed by atoms with van der Waals surface area (Å²) >= 11 is 3.42. The monoisotopic (exact) mass is 501 g/mol. The number of nitriles is 1. The zero-order valence-electron chi connectivity index (χ0n) is 18.2. The van der Waals surface area contributed by atoms with Crippen molar-refractivity contribution >= 4 is 33.6 Å². The van der Waals surface area contributed by atoms with Crippen molar-refractivity contribution in [3.05, 3.63) is 100 Å². The fourth-order valence-corrected chi connectivity index (χ4v) is 3.96. The van der Waals surface area contributed by atoms with E-state index >= 15 is 0 Å². The molecule has 0 atom stereocenters. The summed E-state index contributed by atoms with van der Waals surface area (Å²) in [6, 6.07) is 27.6. The summed E-state index contributed by atoms with van der Waals surface area (Å²) in [5.74, 6) is 0.512. The number of hydrogen-bond donors (Lipinski definition) is 0. The molecule has 3 aromatic rings. The molecular formula is C27H24BrN3O2. The smallest absolute Gasteiger partial charge is 0.264 e. The van der Waals surface area contributed by atoms with Gasteiger partial charge in [0.1, 0.15) is 24.0 Å². The largest absolute Gasteiger partial charge is 0.489 e. The Kier molecular flexibility index (Phi) is 7.43. The van der Waals surface area contributed by atoms with Crippen LogP contribution in [0.2, 0.25) is 0 Å². The van der Waals surface area contributed by atoms with Crippen LogP contribution in [0.4, 0.5) is 5.69 Å². The highest BCUT2D eigenvalue weighted by molar-refractivity contribution is 9.10. The lowest BCUT2D eigenvalue weighted by Crippen LogP contribution is -2.49. The molecule has 5 nitrogen and oxygen atoms in total. The minimum Gasteiger partial charge on any atom is -0.489 e. The van der Waals surface area contributed by atoms with Crippen LogP contribution in [0.25, 0.3) is 6.08 Å². The van der Waals surface area contributed by atoms with Gasteiger partial charge in [0.25, 0.3) is 5.91 Å². The van der Waals surface area contributed by atoms with Crippen molar-refractivity contribution in [1.82, 2.24) is 4.90 Å². The van der Waals surface area contributed by atoms with Gasteiger partial charge in [-0.05, 0) is 53.6 Å². The van der Waals surface area contributed by atoms with E-state index in [4.69, 9.17) is 4.74 Å². The van der Waals surface area contributed by atoms with Gasteiger partial charge in [0.05, 0.1) is 0 Å². The third kappa shape index (κ3) is 6.03. The van der Waals surface area contributed by atoms with E-state index in [2.05, 4.69) is 39.0 Å². The predicted octanol–water partition coefficient (Wildman–Crippen LogP) is 5.28. The van der Waals surface area contributed by atoms with Crippen LogP contribution >= 0.6 is 15.9 Å². The fraction of sp³-hybridized carbons (Fsp3) is 0.185. The molecule has 0 radical (unpaired) electrons. The second kappa shape index (κ2) is 10.8. The summed E-state index contributed by atoms with van der Waals surface area (Å²) in [5.41, 5.74) is 3.17. The molecule has 0 aliphatic carbocycles. The van der Waals surface area contributed by atoms with Gasteiger partial charge in [0, 0.05) is 36.3 Å². The second-order valence-corrected chi connectivity index (χ2v) is 8.68. The molecule has 6 heteroatoms. The lowest BCUT2D eigenvalue weighted by Gasteiger charge is -2.36. The Hall–Kier alpha value is -3.56. The number of rotatable bonds is 6. The third-order valence-corrected chi connectivity index (χ3v) is 6.08. The van der Waals surface area contributed by atoms with E-state index in [1.807, 2.05) is 66.7 Å². The number of nitrogens with zero attached hydrogens (tertiary/aromatic N) is 3. The van der Waals surface area contributed by atoms with Crippen LogP contribution in [-0.4, -0.2) is 37.0 Å². The van der Waals surface area contributed by atoms with Gasteiger partial charge in [-0.3, -0.25) is 4.79 Å². The average molecular weight is 502 g/mol. The van der Waals surface area contributed by atoms with Crippen molar-refractivity contribution in [3.63, 3.8) is 0 Å². The Bertz CT molecular complexity index is 1140. The molecule has 166 valence electrons. The first-order chi connectivity index (χ1) is 16.1. The highest BCUT2D eigenvalue weighted by Crippen LogP contribution is 2.19. The number of piperazine rings is 1. The summed E-state index contributed by atoms with van der Waals surface area (Å²) in [5, 5.41) is 9.60. The minimum atomic E-state index is -0.222. The zero-order chi connectivity index (χ0) is 23.0. The molecule has 0 saturated carbocycles. The molecule has 0 N–H and O–H groups in total. The quantitative estimate of drug-likeness (QED) is 0.340. The number of ether oxygens (including phenoxy) is 1. The molecule has 1 heterocycles. The maximum Gasteiger partial charge on any atom is 0.264 e. The molecule has 1 aliphatic heterocycles. The third-order valence-electron chi connectivity index (χ3n) is 5.55. The SMILES string of the molecule is N#C/C(=C/c1ccc(OCc2ccc(Br)cc2)cc1)C(=O)N1CCN(c2ccccc2)CC1. The lowest BCUT2D eigenvalue weighted by molar-refractivity contribution is -0.126. The number of para-hydroxylation sites is 1. The van der Waals surface area contributed by atoms with Gasteiger partial charge in [0.15, 0.2) is 0 Å². The van der Waals surface area contributed by atoms with E-state index in [-0.39, 0.29) is 11.5 Å². The van der Waals surface area contributed by atoms with Gasteiger partial charge in [-0.25, -0.2) is 0 Å². The molecule has 1 saturated heterocycles. The van der Waals surface area contributed by atoms with Crippen molar-refractivity contribution < 1.29 is 9.53 Å². The molecule has 0 unspecified atom stereocenters. The summed E-state index contributed by atoms with van der Waals surface area (Å²) in [7, 11) is 0.